The van der Waals surface area contributed by atoms with Crippen LogP contribution < -0.4 is 5.32 Å². The van der Waals surface area contributed by atoms with Gasteiger partial charge in [-0.15, -0.1) is 0 Å². The summed E-state index contributed by atoms with van der Waals surface area (Å²) in [5.74, 6) is -0.486. The number of benzene rings is 2. The standard InChI is InChI=1S/C19H21NO5S/c1-3-26(24,25)17-10-8-15(9-11-17)18(12-21)20-19(23)16-6-4-14(5-7-16)13(2)22/h4-11,18,21H,3,12H2,1-2H3,(H,20,23). The fourth-order valence-corrected chi connectivity index (χ4v) is 3.29. The molecule has 0 aliphatic rings. The smallest absolute Gasteiger partial charge is 0.251 e. The summed E-state index contributed by atoms with van der Waals surface area (Å²) in [6.45, 7) is 2.67. The molecule has 1 atom stereocenters. The van der Waals surface area contributed by atoms with Crippen LogP contribution in [0, 0.1) is 0 Å². The molecule has 0 spiro atoms. The molecule has 0 heterocycles. The lowest BCUT2D eigenvalue weighted by atomic mass is 10.1. The topological polar surface area (TPSA) is 101 Å². The second-order valence-corrected chi connectivity index (χ2v) is 8.09. The summed E-state index contributed by atoms with van der Waals surface area (Å²) in [6, 6.07) is 11.6. The summed E-state index contributed by atoms with van der Waals surface area (Å²) in [4.78, 5) is 23.8. The monoisotopic (exact) mass is 375 g/mol. The molecule has 0 aliphatic heterocycles. The number of aliphatic hydroxyl groups excluding tert-OH is 1. The molecule has 2 rings (SSSR count). The number of rotatable bonds is 7. The normalized spacial score (nSPS) is 12.4. The lowest BCUT2D eigenvalue weighted by Crippen LogP contribution is -2.30. The minimum atomic E-state index is -3.30. The van der Waals surface area contributed by atoms with Crippen molar-refractivity contribution in [3.05, 3.63) is 65.2 Å². The van der Waals surface area contributed by atoms with Crippen molar-refractivity contribution in [3.63, 3.8) is 0 Å². The predicted octanol–water partition coefficient (Wildman–Crippen LogP) is 2.15. The van der Waals surface area contributed by atoms with Crippen molar-refractivity contribution in [2.75, 3.05) is 12.4 Å². The van der Waals surface area contributed by atoms with E-state index in [9.17, 15) is 23.1 Å². The molecule has 7 heteroatoms. The maximum atomic E-state index is 12.3. The maximum Gasteiger partial charge on any atom is 0.251 e. The van der Waals surface area contributed by atoms with Crippen molar-refractivity contribution in [1.82, 2.24) is 5.32 Å². The number of hydrogen-bond donors (Lipinski definition) is 2. The lowest BCUT2D eigenvalue weighted by molar-refractivity contribution is 0.0915. The summed E-state index contributed by atoms with van der Waals surface area (Å²) >= 11 is 0. The van der Waals surface area contributed by atoms with Crippen LogP contribution in [0.4, 0.5) is 0 Å². The van der Waals surface area contributed by atoms with Crippen LogP contribution in [-0.2, 0) is 9.84 Å². The van der Waals surface area contributed by atoms with Crippen molar-refractivity contribution in [1.29, 1.82) is 0 Å². The van der Waals surface area contributed by atoms with E-state index in [1.165, 1.54) is 31.2 Å². The number of aliphatic hydroxyl groups is 1. The van der Waals surface area contributed by atoms with Crippen LogP contribution in [0.15, 0.2) is 53.4 Å². The van der Waals surface area contributed by atoms with E-state index in [0.717, 1.165) is 0 Å². The van der Waals surface area contributed by atoms with Gasteiger partial charge in [0.05, 0.1) is 23.3 Å². The number of carbonyl (C=O) groups excluding carboxylic acids is 2. The highest BCUT2D eigenvalue weighted by Crippen LogP contribution is 2.18. The van der Waals surface area contributed by atoms with E-state index in [1.54, 1.807) is 31.2 Å². The van der Waals surface area contributed by atoms with Gasteiger partial charge in [0, 0.05) is 11.1 Å². The molecule has 2 aromatic carbocycles. The van der Waals surface area contributed by atoms with Crippen molar-refractivity contribution in [2.24, 2.45) is 0 Å². The van der Waals surface area contributed by atoms with Gasteiger partial charge in [-0.05, 0) is 36.8 Å². The molecule has 0 aromatic heterocycles. The number of Topliss-reactive ketones (excluding diaryl/α,β-unsaturated/α-hetero) is 1. The van der Waals surface area contributed by atoms with E-state index in [2.05, 4.69) is 5.32 Å². The molecule has 0 bridgehead atoms. The van der Waals surface area contributed by atoms with Gasteiger partial charge in [0.1, 0.15) is 0 Å². The highest BCUT2D eigenvalue weighted by atomic mass is 32.2. The highest BCUT2D eigenvalue weighted by molar-refractivity contribution is 7.91. The molecule has 2 N–H and O–H groups in total. The van der Waals surface area contributed by atoms with E-state index < -0.39 is 21.8 Å². The molecular weight excluding hydrogens is 354 g/mol. The Balaban J connectivity index is 2.15. The van der Waals surface area contributed by atoms with Gasteiger partial charge in [-0.3, -0.25) is 9.59 Å². The highest BCUT2D eigenvalue weighted by Gasteiger charge is 2.17. The largest absolute Gasteiger partial charge is 0.394 e. The molecule has 138 valence electrons. The van der Waals surface area contributed by atoms with Crippen molar-refractivity contribution >= 4 is 21.5 Å². The molecule has 0 aliphatic carbocycles. The molecule has 0 fully saturated rings. The first-order valence-electron chi connectivity index (χ1n) is 8.14. The zero-order chi connectivity index (χ0) is 19.3. The van der Waals surface area contributed by atoms with Gasteiger partial charge in [-0.2, -0.15) is 0 Å². The number of ketones is 1. The van der Waals surface area contributed by atoms with Crippen molar-refractivity contribution in [2.45, 2.75) is 24.8 Å². The summed E-state index contributed by atoms with van der Waals surface area (Å²) in [5, 5.41) is 12.3. The minimum absolute atomic E-state index is 0.00275. The van der Waals surface area contributed by atoms with E-state index in [1.807, 2.05) is 0 Å². The number of carbonyl (C=O) groups is 2. The van der Waals surface area contributed by atoms with Gasteiger partial charge in [0.25, 0.3) is 5.91 Å². The van der Waals surface area contributed by atoms with E-state index >= 15 is 0 Å². The van der Waals surface area contributed by atoms with Crippen LogP contribution in [0.1, 0.15) is 46.2 Å². The number of amides is 1. The Bertz CT molecular complexity index is 887. The quantitative estimate of drug-likeness (QED) is 0.722. The zero-order valence-electron chi connectivity index (χ0n) is 14.6. The van der Waals surface area contributed by atoms with Crippen molar-refractivity contribution in [3.8, 4) is 0 Å². The first kappa shape index (κ1) is 19.8. The van der Waals surface area contributed by atoms with Gasteiger partial charge < -0.3 is 10.4 Å². The predicted molar refractivity (Wildman–Crippen MR) is 97.9 cm³/mol. The average molecular weight is 375 g/mol. The molecule has 0 saturated carbocycles. The van der Waals surface area contributed by atoms with Crippen LogP contribution in [-0.4, -0.2) is 37.6 Å². The Morgan fingerprint density at radius 3 is 2.00 bits per heavy atom. The summed E-state index contributed by atoms with van der Waals surface area (Å²) in [6.07, 6.45) is 0. The number of hydrogen-bond acceptors (Lipinski definition) is 5. The summed E-state index contributed by atoms with van der Waals surface area (Å²) in [5.41, 5.74) is 1.46. The van der Waals surface area contributed by atoms with Crippen LogP contribution >= 0.6 is 0 Å². The number of sulfone groups is 1. The first-order valence-corrected chi connectivity index (χ1v) is 9.79. The Morgan fingerprint density at radius 1 is 1.00 bits per heavy atom. The minimum Gasteiger partial charge on any atom is -0.394 e. The molecule has 1 amide bonds. The Hall–Kier alpha value is -2.51. The maximum absolute atomic E-state index is 12.3. The van der Waals surface area contributed by atoms with Gasteiger partial charge in [0.2, 0.25) is 0 Å². The molecule has 0 radical (unpaired) electrons. The van der Waals surface area contributed by atoms with E-state index in [4.69, 9.17) is 0 Å². The van der Waals surface area contributed by atoms with Gasteiger partial charge in [0.15, 0.2) is 15.6 Å². The first-order chi connectivity index (χ1) is 12.3. The molecule has 0 saturated heterocycles. The Morgan fingerprint density at radius 2 is 1.54 bits per heavy atom. The van der Waals surface area contributed by atoms with Crippen molar-refractivity contribution < 1.29 is 23.1 Å². The molecule has 26 heavy (non-hydrogen) atoms. The third-order valence-electron chi connectivity index (χ3n) is 4.06. The van der Waals surface area contributed by atoms with Gasteiger partial charge >= 0.3 is 0 Å². The second-order valence-electron chi connectivity index (χ2n) is 5.81. The van der Waals surface area contributed by atoms with Gasteiger partial charge in [-0.1, -0.05) is 31.2 Å². The van der Waals surface area contributed by atoms with E-state index in [-0.39, 0.29) is 23.0 Å². The third kappa shape index (κ3) is 4.56. The second kappa shape index (κ2) is 8.25. The fourth-order valence-electron chi connectivity index (χ4n) is 2.41. The lowest BCUT2D eigenvalue weighted by Gasteiger charge is -2.17. The summed E-state index contributed by atoms with van der Waals surface area (Å²) < 4.78 is 23.7. The van der Waals surface area contributed by atoms with Gasteiger partial charge in [-0.25, -0.2) is 8.42 Å². The molecule has 6 nitrogen and oxygen atoms in total. The zero-order valence-corrected chi connectivity index (χ0v) is 15.4. The van der Waals surface area contributed by atoms with Crippen LogP contribution in [0.2, 0.25) is 0 Å². The Kier molecular flexibility index (Phi) is 6.28. The van der Waals surface area contributed by atoms with Crippen LogP contribution in [0.25, 0.3) is 0 Å². The Labute approximate surface area is 152 Å². The average Bonchev–Trinajstić information content (AvgIpc) is 2.66. The molecule has 2 aromatic rings. The fraction of sp³-hybridized carbons (Fsp3) is 0.263. The van der Waals surface area contributed by atoms with E-state index in [0.29, 0.717) is 16.7 Å². The summed E-state index contributed by atoms with van der Waals surface area (Å²) in [7, 11) is -3.30. The molecule has 1 unspecified atom stereocenters. The number of nitrogens with one attached hydrogen (secondary N) is 1. The molecular formula is C19H21NO5S. The van der Waals surface area contributed by atoms with Crippen LogP contribution in [0.3, 0.4) is 0 Å². The SMILES string of the molecule is CCS(=O)(=O)c1ccc(C(CO)NC(=O)c2ccc(C(C)=O)cc2)cc1. The third-order valence-corrected chi connectivity index (χ3v) is 5.81. The van der Waals surface area contributed by atoms with Crippen LogP contribution in [0.5, 0.6) is 0 Å².